The van der Waals surface area contributed by atoms with Crippen LogP contribution < -0.4 is 65.1 Å². The maximum absolute atomic E-state index is 14.3. The SMILES string of the molecule is CC(C)[C@H](NC(=O)[C@H](Cc1ccc(O)cc1)NC(=O)[C@H](CCCCN)NC(=O)CNC(=O)[C@@H](NC(=O)[C@@H](NC(=O)[C@@H](N)CCC(=O)O)C(C)C)C(C)C)C(=O)N[C@@H](CC(=O)O)C(=O)N[C@@H](CCC(N)=O)C(=O)N[C@@H](C)C(=O)O. The van der Waals surface area contributed by atoms with E-state index in [0.717, 1.165) is 6.92 Å². The summed E-state index contributed by atoms with van der Waals surface area (Å²) in [5.74, 6) is -15.6. The van der Waals surface area contributed by atoms with Gasteiger partial charge in [0.25, 0.3) is 0 Å². The van der Waals surface area contributed by atoms with Crippen molar-refractivity contribution in [3.05, 3.63) is 29.8 Å². The first-order chi connectivity index (χ1) is 36.4. The molecular weight excluding hydrogens is 1030 g/mol. The number of carbonyl (C=O) groups is 13. The van der Waals surface area contributed by atoms with Gasteiger partial charge in [-0.2, -0.15) is 0 Å². The van der Waals surface area contributed by atoms with E-state index in [4.69, 9.17) is 22.3 Å². The number of nitrogens with two attached hydrogens (primary N) is 3. The molecule has 1 rings (SSSR count). The molecule has 1 aromatic rings. The van der Waals surface area contributed by atoms with Crippen LogP contribution >= 0.6 is 0 Å². The van der Waals surface area contributed by atoms with Crippen LogP contribution in [0.25, 0.3) is 0 Å². The second-order valence-electron chi connectivity index (χ2n) is 19.6. The quantitative estimate of drug-likeness (QED) is 0.0285. The van der Waals surface area contributed by atoms with Gasteiger partial charge in [-0.25, -0.2) is 0 Å². The lowest BCUT2D eigenvalue weighted by molar-refractivity contribution is -0.143. The normalized spacial score (nSPS) is 14.6. The number of unbranched alkanes of at least 4 members (excludes halogenated alkanes) is 1. The second-order valence-corrected chi connectivity index (χ2v) is 19.6. The largest absolute Gasteiger partial charge is 0.508 e. The highest BCUT2D eigenvalue weighted by molar-refractivity contribution is 5.99. The molecule has 0 aromatic heterocycles. The van der Waals surface area contributed by atoms with E-state index in [1.165, 1.54) is 38.1 Å². The molecule has 0 fully saturated rings. The van der Waals surface area contributed by atoms with E-state index in [2.05, 4.69) is 47.9 Å². The number of amides is 10. The van der Waals surface area contributed by atoms with Crippen molar-refractivity contribution in [2.45, 2.75) is 161 Å². The lowest BCUT2D eigenvalue weighted by Gasteiger charge is -2.28. The maximum Gasteiger partial charge on any atom is 0.325 e. The number of carbonyl (C=O) groups excluding carboxylic acids is 10. The zero-order valence-electron chi connectivity index (χ0n) is 44.8. The molecule has 0 aliphatic heterocycles. The van der Waals surface area contributed by atoms with Crippen molar-refractivity contribution in [2.24, 2.45) is 35.0 Å². The third kappa shape index (κ3) is 25.3. The van der Waals surface area contributed by atoms with Gasteiger partial charge in [0.05, 0.1) is 19.0 Å². The van der Waals surface area contributed by atoms with Crippen molar-refractivity contribution < 1.29 is 82.8 Å². The monoisotopic (exact) mass is 1110 g/mol. The minimum Gasteiger partial charge on any atom is -0.508 e. The molecular formula is C49H78N12O17. The molecule has 436 valence electrons. The highest BCUT2D eigenvalue weighted by atomic mass is 16.4. The molecule has 0 aliphatic rings. The number of aliphatic carboxylic acids is 3. The highest BCUT2D eigenvalue weighted by Gasteiger charge is 2.36. The van der Waals surface area contributed by atoms with E-state index in [1.807, 2.05) is 0 Å². The van der Waals surface area contributed by atoms with Crippen molar-refractivity contribution >= 4 is 77.0 Å². The first-order valence-electron chi connectivity index (χ1n) is 25.3. The first kappa shape index (κ1) is 68.1. The Morgan fingerprint density at radius 2 is 0.962 bits per heavy atom. The first-order valence-corrected chi connectivity index (χ1v) is 25.3. The molecule has 10 amide bonds. The van der Waals surface area contributed by atoms with Crippen LogP contribution in [0.1, 0.15) is 105 Å². The van der Waals surface area contributed by atoms with Gasteiger partial charge in [-0.15, -0.1) is 0 Å². The summed E-state index contributed by atoms with van der Waals surface area (Å²) in [6.45, 7) is 10.0. The lowest BCUT2D eigenvalue weighted by atomic mass is 9.99. The summed E-state index contributed by atoms with van der Waals surface area (Å²) in [6.07, 6.45) is -2.18. The average molecular weight is 1110 g/mol. The summed E-state index contributed by atoms with van der Waals surface area (Å²) < 4.78 is 0. The molecule has 29 heteroatoms. The number of hydrogen-bond donors (Lipinski definition) is 16. The smallest absolute Gasteiger partial charge is 0.325 e. The summed E-state index contributed by atoms with van der Waals surface area (Å²) in [5, 5.41) is 59.5. The fourth-order valence-corrected chi connectivity index (χ4v) is 7.25. The molecule has 78 heavy (non-hydrogen) atoms. The number of phenols is 1. The Bertz CT molecular complexity index is 2280. The molecule has 0 bridgehead atoms. The van der Waals surface area contributed by atoms with Crippen LogP contribution in [0.2, 0.25) is 0 Å². The van der Waals surface area contributed by atoms with Crippen molar-refractivity contribution in [2.75, 3.05) is 13.1 Å². The summed E-state index contributed by atoms with van der Waals surface area (Å²) in [5.41, 5.74) is 17.1. The average Bonchev–Trinajstić information content (AvgIpc) is 3.34. The highest BCUT2D eigenvalue weighted by Crippen LogP contribution is 2.14. The number of benzene rings is 1. The topological polar surface area (TPSA) is 489 Å². The summed E-state index contributed by atoms with van der Waals surface area (Å²) in [6, 6.07) is -7.60. The predicted molar refractivity (Wildman–Crippen MR) is 277 cm³/mol. The number of aromatic hydroxyl groups is 1. The Balaban J connectivity index is 3.43. The van der Waals surface area contributed by atoms with E-state index in [-0.39, 0.29) is 44.4 Å². The van der Waals surface area contributed by atoms with Crippen LogP contribution in [0.4, 0.5) is 0 Å². The van der Waals surface area contributed by atoms with Crippen molar-refractivity contribution in [1.29, 1.82) is 0 Å². The number of nitrogens with one attached hydrogen (secondary N) is 9. The van der Waals surface area contributed by atoms with E-state index >= 15 is 0 Å². The van der Waals surface area contributed by atoms with Gasteiger partial charge >= 0.3 is 17.9 Å². The van der Waals surface area contributed by atoms with Crippen LogP contribution in [0, 0.1) is 17.8 Å². The summed E-state index contributed by atoms with van der Waals surface area (Å²) >= 11 is 0. The van der Waals surface area contributed by atoms with E-state index < -0.39 is 175 Å². The maximum atomic E-state index is 14.3. The minimum atomic E-state index is -1.92. The molecule has 29 nitrogen and oxygen atoms in total. The number of rotatable bonds is 36. The molecule has 19 N–H and O–H groups in total. The fourth-order valence-electron chi connectivity index (χ4n) is 7.25. The van der Waals surface area contributed by atoms with Gasteiger partial charge < -0.3 is 85.5 Å². The van der Waals surface area contributed by atoms with E-state index in [9.17, 15) is 77.6 Å². The molecule has 0 radical (unpaired) electrons. The standard InChI is InChI=1S/C49H78N12O17/c1-23(2)38(61-48(76)40(25(5)6)59-41(69)29(51)15-18-36(65)66)46(74)53-22-35(64)55-30(10-8-9-19-50)43(71)57-32(20-27-11-13-28(62)14-12-27)45(73)60-39(24(3)4)47(75)58-33(21-37(67)68)44(72)56-31(16-17-34(52)63)42(70)54-26(7)49(77)78/h11-14,23-26,29-33,38-40,62H,8-10,15-22,50-51H2,1-7H3,(H2,52,63)(H,53,74)(H,54,70)(H,55,64)(H,56,72)(H,57,71)(H,58,75)(H,59,69)(H,60,73)(H,61,76)(H,65,66)(H,67,68)(H,77,78)/t26-,29-,30-,31-,32-,33-,38-,39-,40-/m0/s1. The van der Waals surface area contributed by atoms with Gasteiger partial charge in [0.15, 0.2) is 0 Å². The van der Waals surface area contributed by atoms with Crippen molar-refractivity contribution in [1.82, 2.24) is 47.9 Å². The predicted octanol–water partition coefficient (Wildman–Crippen LogP) is -3.94. The minimum absolute atomic E-state index is 0.0308. The molecule has 0 saturated heterocycles. The number of primary amides is 1. The molecule has 0 heterocycles. The Hall–Kier alpha value is -7.95. The number of carboxylic acid groups (broad SMARTS) is 3. The molecule has 0 unspecified atom stereocenters. The Morgan fingerprint density at radius 3 is 1.47 bits per heavy atom. The third-order valence-corrected chi connectivity index (χ3v) is 11.8. The Morgan fingerprint density at radius 1 is 0.500 bits per heavy atom. The van der Waals surface area contributed by atoms with Gasteiger partial charge in [-0.05, 0) is 81.0 Å². The third-order valence-electron chi connectivity index (χ3n) is 11.8. The lowest BCUT2D eigenvalue weighted by Crippen LogP contribution is -2.61. The van der Waals surface area contributed by atoms with Crippen LogP contribution in [0.3, 0.4) is 0 Å². The molecule has 0 spiro atoms. The molecule has 1 aromatic carbocycles. The van der Waals surface area contributed by atoms with Crippen molar-refractivity contribution in [3.8, 4) is 5.75 Å². The number of carboxylic acids is 3. The van der Waals surface area contributed by atoms with Gasteiger partial charge in [0.2, 0.25) is 59.1 Å². The van der Waals surface area contributed by atoms with Crippen molar-refractivity contribution in [3.63, 3.8) is 0 Å². The zero-order valence-corrected chi connectivity index (χ0v) is 44.8. The van der Waals surface area contributed by atoms with Crippen LogP contribution in [0.5, 0.6) is 5.75 Å². The van der Waals surface area contributed by atoms with Crippen LogP contribution in [-0.2, 0) is 68.7 Å². The van der Waals surface area contributed by atoms with Gasteiger partial charge in [0, 0.05) is 19.3 Å². The van der Waals surface area contributed by atoms with Crippen LogP contribution in [-0.4, -0.2) is 165 Å². The second kappa shape index (κ2) is 33.9. The Labute approximate surface area is 450 Å². The summed E-state index contributed by atoms with van der Waals surface area (Å²) in [7, 11) is 0. The van der Waals surface area contributed by atoms with E-state index in [0.29, 0.717) is 12.0 Å². The zero-order chi connectivity index (χ0) is 59.6. The Kier molecular flexibility index (Phi) is 29.6. The molecule has 0 saturated carbocycles. The summed E-state index contributed by atoms with van der Waals surface area (Å²) in [4.78, 5) is 168. The molecule has 0 aliphatic carbocycles. The van der Waals surface area contributed by atoms with Crippen LogP contribution in [0.15, 0.2) is 24.3 Å². The van der Waals surface area contributed by atoms with Gasteiger partial charge in [0.1, 0.15) is 54.1 Å². The van der Waals surface area contributed by atoms with Gasteiger partial charge in [-0.1, -0.05) is 53.7 Å². The van der Waals surface area contributed by atoms with E-state index in [1.54, 1.807) is 27.7 Å². The fraction of sp³-hybridized carbons (Fsp3) is 0.612. The number of phenolic OH excluding ortho intramolecular Hbond substituents is 1. The molecule has 9 atom stereocenters. The van der Waals surface area contributed by atoms with Gasteiger partial charge in [-0.3, -0.25) is 62.3 Å². The number of hydrogen-bond acceptors (Lipinski definition) is 16.